The lowest BCUT2D eigenvalue weighted by atomic mass is 10.1. The van der Waals surface area contributed by atoms with Crippen LogP contribution in [0.3, 0.4) is 0 Å². The summed E-state index contributed by atoms with van der Waals surface area (Å²) in [6.45, 7) is 16.7. The minimum Gasteiger partial charge on any atom is -0.282 e. The van der Waals surface area contributed by atoms with Crippen molar-refractivity contribution in [3.8, 4) is 0 Å². The van der Waals surface area contributed by atoms with E-state index in [1.165, 1.54) is 18.2 Å². The molecule has 0 aliphatic carbocycles. The van der Waals surface area contributed by atoms with E-state index in [0.717, 1.165) is 23.1 Å². The highest BCUT2D eigenvalue weighted by Gasteiger charge is 2.16. The molecule has 0 radical (unpaired) electrons. The summed E-state index contributed by atoms with van der Waals surface area (Å²) < 4.78 is 87.0. The first-order valence-corrected chi connectivity index (χ1v) is 15.0. The predicted molar refractivity (Wildman–Crippen MR) is 138 cm³/mol. The van der Waals surface area contributed by atoms with Gasteiger partial charge in [0.25, 0.3) is 10.1 Å². The van der Waals surface area contributed by atoms with Gasteiger partial charge in [-0.3, -0.25) is 9.11 Å². The zero-order valence-corrected chi connectivity index (χ0v) is 23.4. The molecule has 2 rings (SSSR count). The van der Waals surface area contributed by atoms with Gasteiger partial charge >= 0.3 is 10.4 Å². The lowest BCUT2D eigenvalue weighted by Gasteiger charge is -2.06. The molecule has 200 valence electrons. The molecule has 2 aromatic carbocycles. The van der Waals surface area contributed by atoms with Crippen LogP contribution in [-0.4, -0.2) is 46.7 Å². The Morgan fingerprint density at radius 2 is 1.26 bits per heavy atom. The van der Waals surface area contributed by atoms with Gasteiger partial charge in [-0.25, -0.2) is 12.6 Å². The molecule has 0 aliphatic heterocycles. The molecule has 0 heterocycles. The zero-order valence-electron chi connectivity index (χ0n) is 21.0. The molecular formula is C23H36O9S3. The van der Waals surface area contributed by atoms with Crippen molar-refractivity contribution in [3.05, 3.63) is 71.8 Å². The lowest BCUT2D eigenvalue weighted by Crippen LogP contribution is -2.15. The molecule has 0 spiro atoms. The van der Waals surface area contributed by atoms with Crippen LogP contribution in [0.5, 0.6) is 0 Å². The van der Waals surface area contributed by atoms with E-state index >= 15 is 0 Å². The monoisotopic (exact) mass is 552 g/mol. The van der Waals surface area contributed by atoms with Gasteiger partial charge in [0.2, 0.25) is 0 Å². The van der Waals surface area contributed by atoms with E-state index in [2.05, 4.69) is 17.3 Å². The summed E-state index contributed by atoms with van der Waals surface area (Å²) in [4.78, 5) is 0.0919. The third kappa shape index (κ3) is 13.5. The second-order valence-corrected chi connectivity index (χ2v) is 11.3. The Bertz CT molecular complexity index is 1230. The number of sulfone groups is 1. The number of hydrogen-bond acceptors (Lipinski definition) is 7. The molecule has 0 fully saturated rings. The van der Waals surface area contributed by atoms with Gasteiger partial charge < -0.3 is 0 Å². The second-order valence-electron chi connectivity index (χ2n) is 6.74. The number of benzene rings is 2. The van der Waals surface area contributed by atoms with Gasteiger partial charge in [0.15, 0.2) is 9.84 Å². The van der Waals surface area contributed by atoms with Crippen molar-refractivity contribution >= 4 is 30.4 Å². The summed E-state index contributed by atoms with van der Waals surface area (Å²) in [5.74, 6) is -0.516. The van der Waals surface area contributed by atoms with Crippen LogP contribution in [0.2, 0.25) is 0 Å². The number of aryl methyl sites for hydroxylation is 4. The molecule has 12 heteroatoms. The highest BCUT2D eigenvalue weighted by molar-refractivity contribution is 7.91. The number of rotatable bonds is 7. The molecule has 35 heavy (non-hydrogen) atoms. The van der Waals surface area contributed by atoms with E-state index in [1.54, 1.807) is 25.1 Å². The first-order chi connectivity index (χ1) is 16.1. The Morgan fingerprint density at radius 1 is 0.800 bits per heavy atom. The molecule has 2 N–H and O–H groups in total. The smallest absolute Gasteiger partial charge is 0.282 e. The molecule has 0 atom stereocenters. The van der Waals surface area contributed by atoms with E-state index in [0.29, 0.717) is 5.56 Å². The molecule has 0 bridgehead atoms. The van der Waals surface area contributed by atoms with Gasteiger partial charge in [-0.15, -0.1) is 13.2 Å². The first kappa shape index (κ1) is 35.1. The van der Waals surface area contributed by atoms with Crippen LogP contribution < -0.4 is 0 Å². The minimum atomic E-state index is -4.60. The van der Waals surface area contributed by atoms with Gasteiger partial charge in [0.1, 0.15) is 0 Å². The van der Waals surface area contributed by atoms with Crippen molar-refractivity contribution in [1.29, 1.82) is 0 Å². The van der Waals surface area contributed by atoms with Gasteiger partial charge in [-0.05, 0) is 67.6 Å². The largest absolute Gasteiger partial charge is 0.397 e. The zero-order chi connectivity index (χ0) is 28.0. The van der Waals surface area contributed by atoms with Crippen LogP contribution in [0.15, 0.2) is 59.3 Å². The van der Waals surface area contributed by atoms with Crippen molar-refractivity contribution in [2.45, 2.75) is 57.8 Å². The van der Waals surface area contributed by atoms with E-state index in [4.69, 9.17) is 9.11 Å². The van der Waals surface area contributed by atoms with Crippen molar-refractivity contribution < 1.29 is 38.5 Å². The van der Waals surface area contributed by atoms with Gasteiger partial charge in [0, 0.05) is 0 Å². The summed E-state index contributed by atoms with van der Waals surface area (Å²) in [5.41, 5.74) is 3.46. The van der Waals surface area contributed by atoms with Crippen LogP contribution in [0, 0.1) is 20.8 Å². The van der Waals surface area contributed by atoms with Crippen molar-refractivity contribution in [3.63, 3.8) is 0 Å². The van der Waals surface area contributed by atoms with Crippen LogP contribution in [0.4, 0.5) is 0 Å². The Kier molecular flexibility index (Phi) is 15.8. The van der Waals surface area contributed by atoms with Gasteiger partial charge in [0.05, 0.1) is 22.2 Å². The quantitative estimate of drug-likeness (QED) is 0.373. The van der Waals surface area contributed by atoms with E-state index in [-0.39, 0.29) is 9.79 Å². The van der Waals surface area contributed by atoms with Crippen molar-refractivity contribution in [1.82, 2.24) is 0 Å². The van der Waals surface area contributed by atoms with Gasteiger partial charge in [-0.1, -0.05) is 39.0 Å². The fourth-order valence-electron chi connectivity index (χ4n) is 2.51. The molecule has 0 aliphatic rings. The average molecular weight is 553 g/mol. The molecule has 0 saturated heterocycles. The van der Waals surface area contributed by atoms with Crippen LogP contribution in [-0.2, 0) is 41.0 Å². The second kappa shape index (κ2) is 15.8. The molecule has 0 aromatic heterocycles. The third-order valence-corrected chi connectivity index (χ3v) is 7.50. The summed E-state index contributed by atoms with van der Waals surface area (Å²) in [5, 5.41) is 0. The molecule has 0 amide bonds. The first-order valence-electron chi connectivity index (χ1n) is 10.6. The average Bonchev–Trinajstić information content (AvgIpc) is 2.77. The fraction of sp³-hybridized carbons (Fsp3) is 0.391. The summed E-state index contributed by atoms with van der Waals surface area (Å²) in [6.07, 6.45) is 0.798. The van der Waals surface area contributed by atoms with E-state index < -0.39 is 42.7 Å². The third-order valence-electron chi connectivity index (χ3n) is 4.34. The Labute approximate surface area is 210 Å². The molecule has 9 nitrogen and oxygen atoms in total. The summed E-state index contributed by atoms with van der Waals surface area (Å²) >= 11 is 0. The maximum Gasteiger partial charge on any atom is 0.397 e. The van der Waals surface area contributed by atoms with Crippen molar-refractivity contribution in [2.75, 3.05) is 12.4 Å². The topological polar surface area (TPSA) is 152 Å². The normalized spacial score (nSPS) is 11.1. The Hall–Kier alpha value is -2.09. The Balaban J connectivity index is 0. The molecule has 0 saturated carbocycles. The SMILES string of the molecule is C=C.CC.CCc1ccc(S(=O)(=O)CCOS(=O)(=O)O)cc1.Cc1cc(C)c(S(=O)(=O)O)cc1C. The van der Waals surface area contributed by atoms with Crippen LogP contribution in [0.25, 0.3) is 0 Å². The van der Waals surface area contributed by atoms with Crippen molar-refractivity contribution in [2.24, 2.45) is 0 Å². The van der Waals surface area contributed by atoms with E-state index in [1.807, 2.05) is 34.6 Å². The van der Waals surface area contributed by atoms with Crippen LogP contribution >= 0.6 is 0 Å². The fourth-order valence-corrected chi connectivity index (χ4v) is 4.79. The minimum absolute atomic E-state index is 0.00407. The maximum absolute atomic E-state index is 11.8. The standard InChI is InChI=1S/C10H14O6S2.C9H12O3S.C2H6.C2H4/c1-2-9-3-5-10(6-4-9)17(11,12)8-7-16-18(13,14)15;1-6-4-8(3)9(5-7(6)2)13(10,11)12;2*1-2/h3-6H,2,7-8H2,1H3,(H,13,14,15);4-5H,1-3H3,(H,10,11,12);1-2H3;1-2H2. The highest BCUT2D eigenvalue weighted by atomic mass is 32.3. The van der Waals surface area contributed by atoms with Gasteiger partial charge in [-0.2, -0.15) is 16.8 Å². The highest BCUT2D eigenvalue weighted by Crippen LogP contribution is 2.19. The molecule has 2 aromatic rings. The van der Waals surface area contributed by atoms with Crippen LogP contribution in [0.1, 0.15) is 43.0 Å². The predicted octanol–water partition coefficient (Wildman–Crippen LogP) is 4.53. The lowest BCUT2D eigenvalue weighted by molar-refractivity contribution is 0.284. The Morgan fingerprint density at radius 3 is 1.66 bits per heavy atom. The summed E-state index contributed by atoms with van der Waals surface area (Å²) in [6, 6.07) is 9.54. The molecular weight excluding hydrogens is 516 g/mol. The molecule has 0 unspecified atom stereocenters. The number of hydrogen-bond donors (Lipinski definition) is 2. The maximum atomic E-state index is 11.8. The summed E-state index contributed by atoms with van der Waals surface area (Å²) in [7, 11) is -12.3. The van der Waals surface area contributed by atoms with E-state index in [9.17, 15) is 25.3 Å².